The minimum absolute atomic E-state index is 0.237. The van der Waals surface area contributed by atoms with Crippen LogP contribution in [0, 0.1) is 12.7 Å². The second kappa shape index (κ2) is 5.87. The number of rotatable bonds is 4. The highest BCUT2D eigenvalue weighted by Gasteiger charge is 2.05. The third-order valence-corrected chi connectivity index (χ3v) is 3.10. The molecule has 94 valence electrons. The smallest absolute Gasteiger partial charge is 0.124 e. The zero-order valence-corrected chi connectivity index (χ0v) is 10.9. The van der Waals surface area contributed by atoms with Gasteiger partial charge < -0.3 is 4.74 Å². The molecule has 18 heavy (non-hydrogen) atoms. The van der Waals surface area contributed by atoms with E-state index in [0.717, 1.165) is 5.56 Å². The monoisotopic (exact) mass is 264 g/mol. The van der Waals surface area contributed by atoms with Crippen LogP contribution in [0.5, 0.6) is 5.75 Å². The zero-order chi connectivity index (χ0) is 13.0. The summed E-state index contributed by atoms with van der Waals surface area (Å²) in [6.45, 7) is 2.49. The van der Waals surface area contributed by atoms with Crippen LogP contribution >= 0.6 is 11.6 Å². The summed E-state index contributed by atoms with van der Waals surface area (Å²) in [5.41, 5.74) is 2.96. The average Bonchev–Trinajstić information content (AvgIpc) is 2.39. The molecule has 2 aromatic rings. The first kappa shape index (κ1) is 12.9. The molecule has 0 amide bonds. The molecule has 0 saturated carbocycles. The minimum Gasteiger partial charge on any atom is -0.489 e. The van der Waals surface area contributed by atoms with Gasteiger partial charge in [-0.05, 0) is 36.2 Å². The molecule has 0 aliphatic carbocycles. The molecule has 2 rings (SSSR count). The predicted molar refractivity (Wildman–Crippen MR) is 71.5 cm³/mol. The standard InChI is InChI=1S/C15H14ClFO/c1-11-4-2-3-5-12(11)10-18-15-7-6-14(17)8-13(15)9-16/h2-8H,9-10H2,1H3. The molecule has 0 atom stereocenters. The van der Waals surface area contributed by atoms with Crippen LogP contribution in [0.25, 0.3) is 0 Å². The number of hydrogen-bond acceptors (Lipinski definition) is 1. The topological polar surface area (TPSA) is 9.23 Å². The molecule has 0 aromatic heterocycles. The Morgan fingerprint density at radius 3 is 2.61 bits per heavy atom. The van der Waals surface area contributed by atoms with E-state index in [9.17, 15) is 4.39 Å². The first-order valence-corrected chi connectivity index (χ1v) is 6.26. The fraction of sp³-hybridized carbons (Fsp3) is 0.200. The molecule has 0 aliphatic rings. The Kier molecular flexibility index (Phi) is 4.21. The fourth-order valence-electron chi connectivity index (χ4n) is 1.72. The van der Waals surface area contributed by atoms with Crippen LogP contribution in [-0.2, 0) is 12.5 Å². The van der Waals surface area contributed by atoms with Gasteiger partial charge in [-0.3, -0.25) is 0 Å². The largest absolute Gasteiger partial charge is 0.489 e. The van der Waals surface area contributed by atoms with E-state index in [2.05, 4.69) is 0 Å². The van der Waals surface area contributed by atoms with Gasteiger partial charge in [-0.2, -0.15) is 0 Å². The Morgan fingerprint density at radius 2 is 1.89 bits per heavy atom. The van der Waals surface area contributed by atoms with Crippen molar-refractivity contribution in [2.24, 2.45) is 0 Å². The van der Waals surface area contributed by atoms with E-state index in [1.54, 1.807) is 6.07 Å². The summed E-state index contributed by atoms with van der Waals surface area (Å²) in [5.74, 6) is 0.574. The number of benzene rings is 2. The van der Waals surface area contributed by atoms with Crippen molar-refractivity contribution in [3.63, 3.8) is 0 Å². The lowest BCUT2D eigenvalue weighted by Crippen LogP contribution is -2.00. The average molecular weight is 265 g/mol. The first-order valence-electron chi connectivity index (χ1n) is 5.72. The van der Waals surface area contributed by atoms with Gasteiger partial charge in [0.05, 0.1) is 5.88 Å². The van der Waals surface area contributed by atoms with Crippen LogP contribution in [0.4, 0.5) is 4.39 Å². The first-order chi connectivity index (χ1) is 8.70. The molecular formula is C15H14ClFO. The number of halogens is 2. The highest BCUT2D eigenvalue weighted by molar-refractivity contribution is 6.17. The van der Waals surface area contributed by atoms with Crippen molar-refractivity contribution in [2.75, 3.05) is 0 Å². The maximum Gasteiger partial charge on any atom is 0.124 e. The molecule has 0 unspecified atom stereocenters. The van der Waals surface area contributed by atoms with Crippen LogP contribution in [0.2, 0.25) is 0 Å². The quantitative estimate of drug-likeness (QED) is 0.741. The molecule has 3 heteroatoms. The third-order valence-electron chi connectivity index (χ3n) is 2.81. The molecule has 2 aromatic carbocycles. The SMILES string of the molecule is Cc1ccccc1COc1ccc(F)cc1CCl. The molecule has 0 saturated heterocycles. The van der Waals surface area contributed by atoms with Gasteiger partial charge in [-0.25, -0.2) is 4.39 Å². The second-order valence-electron chi connectivity index (χ2n) is 4.10. The Balaban J connectivity index is 2.13. The van der Waals surface area contributed by atoms with Crippen molar-refractivity contribution in [3.05, 3.63) is 65.0 Å². The van der Waals surface area contributed by atoms with Crippen molar-refractivity contribution < 1.29 is 9.13 Å². The lowest BCUT2D eigenvalue weighted by atomic mass is 10.1. The van der Waals surface area contributed by atoms with E-state index in [0.29, 0.717) is 17.9 Å². The second-order valence-corrected chi connectivity index (χ2v) is 4.37. The predicted octanol–water partition coefficient (Wildman–Crippen LogP) is 4.45. The van der Waals surface area contributed by atoms with Gasteiger partial charge in [0, 0.05) is 5.56 Å². The molecule has 1 nitrogen and oxygen atoms in total. The van der Waals surface area contributed by atoms with Crippen molar-refractivity contribution in [1.29, 1.82) is 0 Å². The minimum atomic E-state index is -0.297. The third kappa shape index (κ3) is 3.02. The Hall–Kier alpha value is -1.54. The normalized spacial score (nSPS) is 10.4. The van der Waals surface area contributed by atoms with E-state index in [4.69, 9.17) is 16.3 Å². The maximum absolute atomic E-state index is 13.0. The van der Waals surface area contributed by atoms with Gasteiger partial charge in [0.25, 0.3) is 0 Å². The van der Waals surface area contributed by atoms with Gasteiger partial charge in [0.1, 0.15) is 18.2 Å². The van der Waals surface area contributed by atoms with E-state index < -0.39 is 0 Å². The molecule has 0 fully saturated rings. The van der Waals surface area contributed by atoms with Crippen LogP contribution < -0.4 is 4.74 Å². The Labute approximate surface area is 111 Å². The molecule has 0 aliphatic heterocycles. The summed E-state index contributed by atoms with van der Waals surface area (Å²) in [4.78, 5) is 0. The number of hydrogen-bond donors (Lipinski definition) is 0. The van der Waals surface area contributed by atoms with E-state index in [1.807, 2.05) is 31.2 Å². The van der Waals surface area contributed by atoms with Crippen molar-refractivity contribution in [2.45, 2.75) is 19.4 Å². The van der Waals surface area contributed by atoms with E-state index >= 15 is 0 Å². The lowest BCUT2D eigenvalue weighted by Gasteiger charge is -2.11. The highest BCUT2D eigenvalue weighted by Crippen LogP contribution is 2.23. The number of ether oxygens (including phenoxy) is 1. The fourth-order valence-corrected chi connectivity index (χ4v) is 1.93. The summed E-state index contributed by atoms with van der Waals surface area (Å²) in [6.07, 6.45) is 0. The summed E-state index contributed by atoms with van der Waals surface area (Å²) >= 11 is 5.77. The summed E-state index contributed by atoms with van der Waals surface area (Å²) in [5, 5.41) is 0. The summed E-state index contributed by atoms with van der Waals surface area (Å²) in [6, 6.07) is 12.4. The Bertz CT molecular complexity index is 540. The summed E-state index contributed by atoms with van der Waals surface area (Å²) in [7, 11) is 0. The van der Waals surface area contributed by atoms with Gasteiger partial charge in [0.2, 0.25) is 0 Å². The van der Waals surface area contributed by atoms with Crippen LogP contribution in [0.1, 0.15) is 16.7 Å². The molecular weight excluding hydrogens is 251 g/mol. The van der Waals surface area contributed by atoms with E-state index in [-0.39, 0.29) is 11.7 Å². The summed E-state index contributed by atoms with van der Waals surface area (Å²) < 4.78 is 18.7. The van der Waals surface area contributed by atoms with Crippen molar-refractivity contribution >= 4 is 11.6 Å². The van der Waals surface area contributed by atoms with Gasteiger partial charge in [-0.1, -0.05) is 24.3 Å². The molecule has 0 heterocycles. The lowest BCUT2D eigenvalue weighted by molar-refractivity contribution is 0.302. The molecule has 0 radical (unpaired) electrons. The molecule has 0 spiro atoms. The zero-order valence-electron chi connectivity index (χ0n) is 10.1. The van der Waals surface area contributed by atoms with Crippen LogP contribution in [0.15, 0.2) is 42.5 Å². The Morgan fingerprint density at radius 1 is 1.11 bits per heavy atom. The number of alkyl halides is 1. The van der Waals surface area contributed by atoms with Crippen LogP contribution in [-0.4, -0.2) is 0 Å². The van der Waals surface area contributed by atoms with E-state index in [1.165, 1.54) is 17.7 Å². The van der Waals surface area contributed by atoms with Gasteiger partial charge in [-0.15, -0.1) is 11.6 Å². The highest BCUT2D eigenvalue weighted by atomic mass is 35.5. The van der Waals surface area contributed by atoms with Gasteiger partial charge >= 0.3 is 0 Å². The maximum atomic E-state index is 13.0. The van der Waals surface area contributed by atoms with Crippen molar-refractivity contribution in [1.82, 2.24) is 0 Å². The van der Waals surface area contributed by atoms with Gasteiger partial charge in [0.15, 0.2) is 0 Å². The molecule has 0 N–H and O–H groups in total. The van der Waals surface area contributed by atoms with Crippen LogP contribution in [0.3, 0.4) is 0 Å². The van der Waals surface area contributed by atoms with Crippen molar-refractivity contribution in [3.8, 4) is 5.75 Å². The number of aryl methyl sites for hydroxylation is 1. The molecule has 0 bridgehead atoms.